The number of carbonyl (C=O) groups excluding carboxylic acids is 1. The first kappa shape index (κ1) is 16.9. The quantitative estimate of drug-likeness (QED) is 0.547. The predicted molar refractivity (Wildman–Crippen MR) is 65.0 cm³/mol. The number of rotatable bonds is 9. The topological polar surface area (TPSA) is 110 Å². The van der Waals surface area contributed by atoms with Gasteiger partial charge in [0, 0.05) is 20.3 Å². The third-order valence-electron chi connectivity index (χ3n) is 2.33. The Balaban J connectivity index is 4.22. The number of nitrogens with one attached hydrogen (secondary N) is 1. The number of sulfone groups is 1. The molecule has 0 saturated heterocycles. The van der Waals surface area contributed by atoms with Gasteiger partial charge in [0.15, 0.2) is 9.84 Å². The second-order valence-corrected chi connectivity index (χ2v) is 6.23. The second kappa shape index (κ2) is 8.04. The average molecular weight is 281 g/mol. The van der Waals surface area contributed by atoms with Crippen LogP contribution in [0.3, 0.4) is 0 Å². The highest BCUT2D eigenvalue weighted by Gasteiger charge is 2.27. The smallest absolute Gasteiger partial charge is 0.304 e. The number of carbonyl (C=O) groups is 2. The zero-order valence-corrected chi connectivity index (χ0v) is 11.3. The van der Waals surface area contributed by atoms with Gasteiger partial charge in [-0.15, -0.1) is 0 Å². The lowest BCUT2D eigenvalue weighted by Crippen LogP contribution is -2.39. The molecule has 0 fully saturated rings. The molecule has 2 N–H and O–H groups in total. The minimum absolute atomic E-state index is 0.325. The van der Waals surface area contributed by atoms with Gasteiger partial charge in [0.25, 0.3) is 0 Å². The zero-order valence-electron chi connectivity index (χ0n) is 10.5. The van der Waals surface area contributed by atoms with Crippen LogP contribution in [0.4, 0.5) is 0 Å². The average Bonchev–Trinajstić information content (AvgIpc) is 2.31. The van der Waals surface area contributed by atoms with Crippen LogP contribution in [0.25, 0.3) is 0 Å². The van der Waals surface area contributed by atoms with Gasteiger partial charge in [0.05, 0.1) is 12.2 Å². The Hall–Kier alpha value is -1.15. The molecule has 0 aromatic carbocycles. The van der Waals surface area contributed by atoms with Crippen LogP contribution in [0.1, 0.15) is 19.8 Å². The third kappa shape index (κ3) is 6.55. The SMILES string of the molecule is COCCCNC(=O)C(C)S(=O)(=O)CCC(=O)O. The Kier molecular flexibility index (Phi) is 7.53. The summed E-state index contributed by atoms with van der Waals surface area (Å²) in [5.41, 5.74) is 0. The number of ether oxygens (including phenoxy) is 1. The van der Waals surface area contributed by atoms with E-state index in [0.29, 0.717) is 19.6 Å². The highest BCUT2D eigenvalue weighted by Crippen LogP contribution is 2.04. The summed E-state index contributed by atoms with van der Waals surface area (Å²) in [6.07, 6.45) is 0.0910. The first-order valence-electron chi connectivity index (χ1n) is 5.51. The van der Waals surface area contributed by atoms with Crippen LogP contribution in [0.15, 0.2) is 0 Å². The van der Waals surface area contributed by atoms with Crippen LogP contribution in [-0.2, 0) is 24.2 Å². The van der Waals surface area contributed by atoms with E-state index in [-0.39, 0.29) is 0 Å². The van der Waals surface area contributed by atoms with Gasteiger partial charge in [-0.05, 0) is 13.3 Å². The number of hydrogen-bond acceptors (Lipinski definition) is 5. The van der Waals surface area contributed by atoms with Crippen LogP contribution in [0.2, 0.25) is 0 Å². The van der Waals surface area contributed by atoms with Gasteiger partial charge in [0.2, 0.25) is 5.91 Å². The molecule has 0 bridgehead atoms. The molecule has 0 aromatic heterocycles. The van der Waals surface area contributed by atoms with Gasteiger partial charge in [-0.25, -0.2) is 8.42 Å². The number of carboxylic acid groups (broad SMARTS) is 1. The van der Waals surface area contributed by atoms with E-state index < -0.39 is 39.1 Å². The number of methoxy groups -OCH3 is 1. The van der Waals surface area contributed by atoms with Crippen molar-refractivity contribution in [2.24, 2.45) is 0 Å². The van der Waals surface area contributed by atoms with E-state index >= 15 is 0 Å². The summed E-state index contributed by atoms with van der Waals surface area (Å²) in [4.78, 5) is 21.8. The Bertz CT molecular complexity index is 378. The minimum Gasteiger partial charge on any atom is -0.481 e. The van der Waals surface area contributed by atoms with Gasteiger partial charge in [-0.2, -0.15) is 0 Å². The van der Waals surface area contributed by atoms with Gasteiger partial charge in [-0.1, -0.05) is 0 Å². The van der Waals surface area contributed by atoms with Crippen molar-refractivity contribution in [3.63, 3.8) is 0 Å². The standard InChI is InChI=1S/C10H19NO6S/c1-8(10(14)11-5-3-6-17-2)18(15,16)7-4-9(12)13/h8H,3-7H2,1-2H3,(H,11,14)(H,12,13). The molecule has 0 heterocycles. The molecule has 0 aliphatic rings. The molecule has 0 aliphatic carbocycles. The summed E-state index contributed by atoms with van der Waals surface area (Å²) >= 11 is 0. The Morgan fingerprint density at radius 3 is 2.50 bits per heavy atom. The van der Waals surface area contributed by atoms with Crippen molar-refractivity contribution < 1.29 is 27.9 Å². The maximum Gasteiger partial charge on any atom is 0.304 e. The fraction of sp³-hybridized carbons (Fsp3) is 0.800. The third-order valence-corrected chi connectivity index (χ3v) is 4.40. The molecule has 0 saturated carbocycles. The van der Waals surface area contributed by atoms with E-state index in [2.05, 4.69) is 5.32 Å². The Morgan fingerprint density at radius 1 is 1.39 bits per heavy atom. The molecule has 1 amide bonds. The molecule has 18 heavy (non-hydrogen) atoms. The molecule has 1 atom stereocenters. The van der Waals surface area contributed by atoms with Gasteiger partial charge in [-0.3, -0.25) is 9.59 Å². The minimum atomic E-state index is -3.72. The van der Waals surface area contributed by atoms with Crippen LogP contribution < -0.4 is 5.32 Å². The molecule has 7 nitrogen and oxygen atoms in total. The molecule has 0 rings (SSSR count). The van der Waals surface area contributed by atoms with Crippen LogP contribution >= 0.6 is 0 Å². The van der Waals surface area contributed by atoms with Crippen molar-refractivity contribution in [3.8, 4) is 0 Å². The summed E-state index contributed by atoms with van der Waals surface area (Å²) in [5.74, 6) is -2.35. The lowest BCUT2D eigenvalue weighted by molar-refractivity contribution is -0.136. The first-order chi connectivity index (χ1) is 8.31. The molecular weight excluding hydrogens is 262 g/mol. The van der Waals surface area contributed by atoms with Crippen molar-refractivity contribution in [1.82, 2.24) is 5.32 Å². The summed E-state index contributed by atoms with van der Waals surface area (Å²) in [7, 11) is -2.19. The first-order valence-corrected chi connectivity index (χ1v) is 7.23. The van der Waals surface area contributed by atoms with E-state index in [1.54, 1.807) is 0 Å². The maximum absolute atomic E-state index is 11.6. The summed E-state index contributed by atoms with van der Waals surface area (Å²) in [5, 5.41) is 9.65. The van der Waals surface area contributed by atoms with E-state index in [0.717, 1.165) is 0 Å². The summed E-state index contributed by atoms with van der Waals surface area (Å²) < 4.78 is 28.0. The molecule has 0 spiro atoms. The lowest BCUT2D eigenvalue weighted by Gasteiger charge is -2.12. The van der Waals surface area contributed by atoms with E-state index in [1.807, 2.05) is 0 Å². The van der Waals surface area contributed by atoms with Crippen LogP contribution in [-0.4, -0.2) is 56.7 Å². The van der Waals surface area contributed by atoms with Crippen molar-refractivity contribution in [1.29, 1.82) is 0 Å². The predicted octanol–water partition coefficient (Wildman–Crippen LogP) is -0.583. The Morgan fingerprint density at radius 2 is 2.00 bits per heavy atom. The molecule has 0 radical (unpaired) electrons. The fourth-order valence-corrected chi connectivity index (χ4v) is 2.36. The highest BCUT2D eigenvalue weighted by molar-refractivity contribution is 7.92. The van der Waals surface area contributed by atoms with Gasteiger partial charge >= 0.3 is 5.97 Å². The maximum atomic E-state index is 11.6. The van der Waals surface area contributed by atoms with Gasteiger partial charge in [0.1, 0.15) is 5.25 Å². The van der Waals surface area contributed by atoms with E-state index in [1.165, 1.54) is 14.0 Å². The Labute approximate surface area is 106 Å². The summed E-state index contributed by atoms with van der Waals surface area (Å²) in [6.45, 7) is 2.05. The fourth-order valence-electron chi connectivity index (χ4n) is 1.14. The number of carboxylic acids is 1. The number of aliphatic carboxylic acids is 1. The number of amides is 1. The molecular formula is C10H19NO6S. The molecule has 0 aliphatic heterocycles. The van der Waals surface area contributed by atoms with Crippen molar-refractivity contribution in [2.45, 2.75) is 25.0 Å². The van der Waals surface area contributed by atoms with Crippen molar-refractivity contribution in [3.05, 3.63) is 0 Å². The van der Waals surface area contributed by atoms with Crippen molar-refractivity contribution in [2.75, 3.05) is 26.0 Å². The van der Waals surface area contributed by atoms with Crippen LogP contribution in [0.5, 0.6) is 0 Å². The van der Waals surface area contributed by atoms with E-state index in [9.17, 15) is 18.0 Å². The number of hydrogen-bond donors (Lipinski definition) is 2. The molecule has 1 unspecified atom stereocenters. The lowest BCUT2D eigenvalue weighted by atomic mass is 10.4. The molecule has 0 aromatic rings. The highest BCUT2D eigenvalue weighted by atomic mass is 32.2. The van der Waals surface area contributed by atoms with E-state index in [4.69, 9.17) is 9.84 Å². The monoisotopic (exact) mass is 281 g/mol. The normalized spacial score (nSPS) is 13.0. The summed E-state index contributed by atoms with van der Waals surface area (Å²) in [6, 6.07) is 0. The largest absolute Gasteiger partial charge is 0.481 e. The zero-order chi connectivity index (χ0) is 14.2. The molecule has 8 heteroatoms. The molecule has 106 valence electrons. The van der Waals surface area contributed by atoms with Gasteiger partial charge < -0.3 is 15.2 Å². The van der Waals surface area contributed by atoms with Crippen molar-refractivity contribution >= 4 is 21.7 Å². The van der Waals surface area contributed by atoms with Crippen LogP contribution in [0, 0.1) is 0 Å². The second-order valence-electron chi connectivity index (χ2n) is 3.79.